The normalized spacial score (nSPS) is 11.5. The predicted molar refractivity (Wildman–Crippen MR) is 86.7 cm³/mol. The number of hydrogen-bond acceptors (Lipinski definition) is 2. The van der Waals surface area contributed by atoms with E-state index in [4.69, 9.17) is 0 Å². The molecule has 4 nitrogen and oxygen atoms in total. The van der Waals surface area contributed by atoms with Gasteiger partial charge in [0.25, 0.3) is 0 Å². The van der Waals surface area contributed by atoms with E-state index in [1.165, 1.54) is 5.56 Å². The van der Waals surface area contributed by atoms with Crippen molar-refractivity contribution in [3.8, 4) is 0 Å². The van der Waals surface area contributed by atoms with E-state index in [1.54, 1.807) is 0 Å². The molecule has 0 bridgehead atoms. The summed E-state index contributed by atoms with van der Waals surface area (Å²) in [6.45, 7) is 0.534. The Kier molecular flexibility index (Phi) is 6.18. The number of carbonyl (C=O) groups excluding carboxylic acids is 2. The molecule has 2 rings (SSSR count). The molecule has 0 saturated heterocycles. The summed E-state index contributed by atoms with van der Waals surface area (Å²) in [5.41, 5.74) is 2.18. The van der Waals surface area contributed by atoms with Crippen molar-refractivity contribution in [2.75, 3.05) is 6.54 Å². The van der Waals surface area contributed by atoms with E-state index < -0.39 is 6.04 Å². The highest BCUT2D eigenvalue weighted by atomic mass is 16.2. The van der Waals surface area contributed by atoms with Gasteiger partial charge < -0.3 is 15.4 Å². The molecular weight excluding hydrogens is 276 g/mol. The Hall–Kier alpha value is -2.62. The highest BCUT2D eigenvalue weighted by molar-refractivity contribution is 5.78. The van der Waals surface area contributed by atoms with Crippen LogP contribution in [0.4, 0.5) is 4.79 Å². The van der Waals surface area contributed by atoms with Gasteiger partial charge in [-0.1, -0.05) is 60.7 Å². The second-order valence-electron chi connectivity index (χ2n) is 5.07. The number of nitrogens with one attached hydrogen (secondary N) is 2. The molecule has 2 N–H and O–H groups in total. The van der Waals surface area contributed by atoms with E-state index >= 15 is 0 Å². The summed E-state index contributed by atoms with van der Waals surface area (Å²) in [6.07, 6.45) is 2.03. The Labute approximate surface area is 130 Å². The largest absolute Gasteiger partial charge is 0.338 e. The molecule has 0 saturated carbocycles. The molecule has 0 aromatic heterocycles. The lowest BCUT2D eigenvalue weighted by atomic mass is 10.1. The number of benzene rings is 2. The van der Waals surface area contributed by atoms with Crippen molar-refractivity contribution in [1.29, 1.82) is 0 Å². The van der Waals surface area contributed by atoms with Crippen LogP contribution >= 0.6 is 0 Å². The fourth-order valence-corrected chi connectivity index (χ4v) is 2.19. The van der Waals surface area contributed by atoms with Crippen LogP contribution in [0.5, 0.6) is 0 Å². The summed E-state index contributed by atoms with van der Waals surface area (Å²) in [5.74, 6) is 0. The SMILES string of the molecule is O=CC(Cc1ccccc1)NC(=O)NCCc1ccccc1. The van der Waals surface area contributed by atoms with Crippen molar-refractivity contribution in [1.82, 2.24) is 10.6 Å². The maximum absolute atomic E-state index is 11.8. The number of carbonyl (C=O) groups is 2. The van der Waals surface area contributed by atoms with Crippen LogP contribution in [-0.4, -0.2) is 24.9 Å². The van der Waals surface area contributed by atoms with E-state index in [-0.39, 0.29) is 6.03 Å². The van der Waals surface area contributed by atoms with Crippen LogP contribution in [0, 0.1) is 0 Å². The Morgan fingerprint density at radius 2 is 1.55 bits per heavy atom. The van der Waals surface area contributed by atoms with Gasteiger partial charge in [-0.3, -0.25) is 0 Å². The molecule has 0 spiro atoms. The summed E-state index contributed by atoms with van der Waals surface area (Å²) in [4.78, 5) is 22.9. The van der Waals surface area contributed by atoms with Gasteiger partial charge in [0.15, 0.2) is 0 Å². The fourth-order valence-electron chi connectivity index (χ4n) is 2.19. The Morgan fingerprint density at radius 3 is 2.14 bits per heavy atom. The highest BCUT2D eigenvalue weighted by Crippen LogP contribution is 2.02. The smallest absolute Gasteiger partial charge is 0.315 e. The molecular formula is C18H20N2O2. The fraction of sp³-hybridized carbons (Fsp3) is 0.222. The minimum atomic E-state index is -0.515. The third-order valence-corrected chi connectivity index (χ3v) is 3.32. The molecule has 2 aromatic rings. The third kappa shape index (κ3) is 5.40. The number of urea groups is 1. The predicted octanol–water partition coefficient (Wildman–Crippen LogP) is 2.34. The zero-order valence-corrected chi connectivity index (χ0v) is 12.4. The molecule has 22 heavy (non-hydrogen) atoms. The molecule has 4 heteroatoms. The van der Waals surface area contributed by atoms with Crippen molar-refractivity contribution < 1.29 is 9.59 Å². The van der Waals surface area contributed by atoms with E-state index in [0.717, 1.165) is 18.3 Å². The minimum absolute atomic E-state index is 0.316. The third-order valence-electron chi connectivity index (χ3n) is 3.32. The van der Waals surface area contributed by atoms with E-state index in [2.05, 4.69) is 10.6 Å². The van der Waals surface area contributed by atoms with Crippen molar-refractivity contribution >= 4 is 12.3 Å². The molecule has 0 heterocycles. The van der Waals surface area contributed by atoms with Crippen LogP contribution in [0.25, 0.3) is 0 Å². The van der Waals surface area contributed by atoms with Crippen LogP contribution in [0.15, 0.2) is 60.7 Å². The lowest BCUT2D eigenvalue weighted by molar-refractivity contribution is -0.109. The van der Waals surface area contributed by atoms with Gasteiger partial charge in [-0.15, -0.1) is 0 Å². The summed E-state index contributed by atoms with van der Waals surface area (Å²) >= 11 is 0. The van der Waals surface area contributed by atoms with Gasteiger partial charge in [0, 0.05) is 6.54 Å². The van der Waals surface area contributed by atoms with Crippen LogP contribution < -0.4 is 10.6 Å². The van der Waals surface area contributed by atoms with Crippen molar-refractivity contribution in [3.05, 3.63) is 71.8 Å². The van der Waals surface area contributed by atoms with Gasteiger partial charge in [-0.05, 0) is 24.0 Å². The molecule has 1 unspecified atom stereocenters. The first-order valence-electron chi connectivity index (χ1n) is 7.35. The van der Waals surface area contributed by atoms with E-state index in [9.17, 15) is 9.59 Å². The average Bonchev–Trinajstić information content (AvgIpc) is 2.56. The first-order valence-corrected chi connectivity index (χ1v) is 7.35. The molecule has 0 aliphatic heterocycles. The van der Waals surface area contributed by atoms with Gasteiger partial charge in [-0.25, -0.2) is 4.79 Å². The molecule has 1 atom stereocenters. The van der Waals surface area contributed by atoms with Crippen molar-refractivity contribution in [3.63, 3.8) is 0 Å². The summed E-state index contributed by atoms with van der Waals surface area (Å²) in [5, 5.41) is 5.46. The van der Waals surface area contributed by atoms with Gasteiger partial charge >= 0.3 is 6.03 Å². The van der Waals surface area contributed by atoms with Gasteiger partial charge in [-0.2, -0.15) is 0 Å². The number of rotatable bonds is 7. The Morgan fingerprint density at radius 1 is 0.955 bits per heavy atom. The van der Waals surface area contributed by atoms with Crippen LogP contribution in [0.1, 0.15) is 11.1 Å². The van der Waals surface area contributed by atoms with Gasteiger partial charge in [0.1, 0.15) is 6.29 Å². The van der Waals surface area contributed by atoms with E-state index in [1.807, 2.05) is 60.7 Å². The Bertz CT molecular complexity index is 585. The summed E-state index contributed by atoms with van der Waals surface area (Å²) in [6, 6.07) is 18.7. The first-order chi connectivity index (χ1) is 10.8. The van der Waals surface area contributed by atoms with Gasteiger partial charge in [0.2, 0.25) is 0 Å². The molecule has 2 amide bonds. The molecule has 0 radical (unpaired) electrons. The summed E-state index contributed by atoms with van der Waals surface area (Å²) < 4.78 is 0. The Balaban J connectivity index is 1.74. The maximum Gasteiger partial charge on any atom is 0.315 e. The number of aldehydes is 1. The molecule has 0 aliphatic carbocycles. The molecule has 0 fully saturated rings. The second-order valence-corrected chi connectivity index (χ2v) is 5.07. The monoisotopic (exact) mass is 296 g/mol. The van der Waals surface area contributed by atoms with Gasteiger partial charge in [0.05, 0.1) is 6.04 Å². The zero-order valence-electron chi connectivity index (χ0n) is 12.4. The van der Waals surface area contributed by atoms with Crippen molar-refractivity contribution in [2.24, 2.45) is 0 Å². The zero-order chi connectivity index (χ0) is 15.6. The minimum Gasteiger partial charge on any atom is -0.338 e. The molecule has 2 aromatic carbocycles. The van der Waals surface area contributed by atoms with Crippen LogP contribution in [0.2, 0.25) is 0 Å². The highest BCUT2D eigenvalue weighted by Gasteiger charge is 2.11. The second kappa shape index (κ2) is 8.62. The van der Waals surface area contributed by atoms with Crippen molar-refractivity contribution in [2.45, 2.75) is 18.9 Å². The number of hydrogen-bond donors (Lipinski definition) is 2. The lowest BCUT2D eigenvalue weighted by Crippen LogP contribution is -2.44. The number of amides is 2. The van der Waals surface area contributed by atoms with Crippen LogP contribution in [-0.2, 0) is 17.6 Å². The maximum atomic E-state index is 11.8. The first kappa shape index (κ1) is 15.8. The van der Waals surface area contributed by atoms with E-state index in [0.29, 0.717) is 13.0 Å². The lowest BCUT2D eigenvalue weighted by Gasteiger charge is -2.13. The molecule has 114 valence electrons. The topological polar surface area (TPSA) is 58.2 Å². The standard InChI is InChI=1S/C18H20N2O2/c21-14-17(13-16-9-5-2-6-10-16)20-18(22)19-12-11-15-7-3-1-4-8-15/h1-10,14,17H,11-13H2,(H2,19,20,22). The quantitative estimate of drug-likeness (QED) is 0.771. The summed E-state index contributed by atoms with van der Waals surface area (Å²) in [7, 11) is 0. The average molecular weight is 296 g/mol. The van der Waals surface area contributed by atoms with Crippen LogP contribution in [0.3, 0.4) is 0 Å². The molecule has 0 aliphatic rings.